The summed E-state index contributed by atoms with van der Waals surface area (Å²) in [5.74, 6) is -0.151. The summed E-state index contributed by atoms with van der Waals surface area (Å²) in [7, 11) is 0. The molecule has 0 saturated carbocycles. The summed E-state index contributed by atoms with van der Waals surface area (Å²) in [4.78, 5) is 18.6. The van der Waals surface area contributed by atoms with Crippen LogP contribution in [0, 0.1) is 6.92 Å². The van der Waals surface area contributed by atoms with Crippen LogP contribution in [0.4, 0.5) is 0 Å². The molecule has 0 atom stereocenters. The van der Waals surface area contributed by atoms with E-state index >= 15 is 0 Å². The van der Waals surface area contributed by atoms with Gasteiger partial charge in [0.05, 0.1) is 18.6 Å². The number of imidazole rings is 1. The predicted octanol–water partition coefficient (Wildman–Crippen LogP) is 2.30. The van der Waals surface area contributed by atoms with E-state index in [0.29, 0.717) is 17.1 Å². The minimum Gasteiger partial charge on any atom is -0.347 e. The molecule has 2 N–H and O–H groups in total. The van der Waals surface area contributed by atoms with E-state index in [4.69, 9.17) is 11.6 Å². The van der Waals surface area contributed by atoms with Gasteiger partial charge in [0.2, 0.25) is 0 Å². The number of aromatic nitrogens is 2. The van der Waals surface area contributed by atoms with E-state index in [-0.39, 0.29) is 5.91 Å². The lowest BCUT2D eigenvalue weighted by atomic mass is 10.1. The summed E-state index contributed by atoms with van der Waals surface area (Å²) >= 11 is 5.96. The lowest BCUT2D eigenvalue weighted by Crippen LogP contribution is -2.22. The van der Waals surface area contributed by atoms with Crippen molar-refractivity contribution in [2.45, 2.75) is 13.5 Å². The van der Waals surface area contributed by atoms with E-state index in [1.165, 1.54) is 0 Å². The largest absolute Gasteiger partial charge is 0.347 e. The molecule has 0 aliphatic heterocycles. The first-order chi connectivity index (χ1) is 8.16. The molecule has 0 fully saturated rings. The molecule has 0 radical (unpaired) electrons. The molecule has 0 unspecified atom stereocenters. The molecule has 88 valence electrons. The third kappa shape index (κ3) is 2.85. The maximum atomic E-state index is 11.8. The molecule has 0 spiro atoms. The van der Waals surface area contributed by atoms with Crippen molar-refractivity contribution in [3.63, 3.8) is 0 Å². The standard InChI is InChI=1S/C12H12ClN3O/c1-8-2-3-9(4-11(8)13)12(17)15-6-10-5-14-7-16-10/h2-5,7H,6H2,1H3,(H,14,16)(H,15,17). The Balaban J connectivity index is 2.02. The number of nitrogens with zero attached hydrogens (tertiary/aromatic N) is 1. The van der Waals surface area contributed by atoms with Crippen LogP contribution in [0.25, 0.3) is 0 Å². The summed E-state index contributed by atoms with van der Waals surface area (Å²) < 4.78 is 0. The minimum atomic E-state index is -0.151. The number of halogens is 1. The van der Waals surface area contributed by atoms with Crippen molar-refractivity contribution in [3.8, 4) is 0 Å². The number of aromatic amines is 1. The summed E-state index contributed by atoms with van der Waals surface area (Å²) in [6.07, 6.45) is 3.24. The molecule has 5 heteroatoms. The molecule has 0 aliphatic carbocycles. The number of rotatable bonds is 3. The fourth-order valence-electron chi connectivity index (χ4n) is 1.39. The number of benzene rings is 1. The van der Waals surface area contributed by atoms with Gasteiger partial charge in [-0.3, -0.25) is 4.79 Å². The zero-order chi connectivity index (χ0) is 12.3. The Morgan fingerprint density at radius 2 is 2.35 bits per heavy atom. The highest BCUT2D eigenvalue weighted by molar-refractivity contribution is 6.31. The first kappa shape index (κ1) is 11.7. The smallest absolute Gasteiger partial charge is 0.251 e. The van der Waals surface area contributed by atoms with Crippen LogP contribution < -0.4 is 5.32 Å². The normalized spacial score (nSPS) is 10.2. The SMILES string of the molecule is Cc1ccc(C(=O)NCc2cnc[nH]2)cc1Cl. The van der Waals surface area contributed by atoms with Crippen LogP contribution in [0.1, 0.15) is 21.6 Å². The van der Waals surface area contributed by atoms with E-state index in [2.05, 4.69) is 15.3 Å². The summed E-state index contributed by atoms with van der Waals surface area (Å²) in [5.41, 5.74) is 2.37. The Morgan fingerprint density at radius 3 is 3.00 bits per heavy atom. The second-order valence-corrected chi connectivity index (χ2v) is 4.13. The summed E-state index contributed by atoms with van der Waals surface area (Å²) in [6, 6.07) is 5.25. The molecule has 17 heavy (non-hydrogen) atoms. The number of aryl methyl sites for hydroxylation is 1. The van der Waals surface area contributed by atoms with Gasteiger partial charge < -0.3 is 10.3 Å². The number of hydrogen-bond donors (Lipinski definition) is 2. The van der Waals surface area contributed by atoms with Gasteiger partial charge in [-0.1, -0.05) is 17.7 Å². The number of amides is 1. The van der Waals surface area contributed by atoms with Crippen LogP contribution in [-0.4, -0.2) is 15.9 Å². The van der Waals surface area contributed by atoms with Crippen LogP contribution in [0.5, 0.6) is 0 Å². The van der Waals surface area contributed by atoms with Gasteiger partial charge in [0.15, 0.2) is 0 Å². The van der Waals surface area contributed by atoms with Crippen molar-refractivity contribution >= 4 is 17.5 Å². The highest BCUT2D eigenvalue weighted by Gasteiger charge is 2.07. The molecule has 1 aromatic carbocycles. The van der Waals surface area contributed by atoms with E-state index in [1.54, 1.807) is 24.7 Å². The number of nitrogens with one attached hydrogen (secondary N) is 2. The molecule has 4 nitrogen and oxygen atoms in total. The molecule has 0 saturated heterocycles. The van der Waals surface area contributed by atoms with Crippen LogP contribution in [0.2, 0.25) is 5.02 Å². The van der Waals surface area contributed by atoms with Crippen molar-refractivity contribution in [2.24, 2.45) is 0 Å². The van der Waals surface area contributed by atoms with Crippen molar-refractivity contribution in [1.82, 2.24) is 15.3 Å². The van der Waals surface area contributed by atoms with Crippen molar-refractivity contribution in [2.75, 3.05) is 0 Å². The molecule has 0 bridgehead atoms. The van der Waals surface area contributed by atoms with Crippen LogP contribution in [0.3, 0.4) is 0 Å². The fourth-order valence-corrected chi connectivity index (χ4v) is 1.57. The Labute approximate surface area is 104 Å². The highest BCUT2D eigenvalue weighted by atomic mass is 35.5. The van der Waals surface area contributed by atoms with Crippen LogP contribution >= 0.6 is 11.6 Å². The van der Waals surface area contributed by atoms with Gasteiger partial charge in [0.1, 0.15) is 0 Å². The molecule has 2 aromatic rings. The van der Waals surface area contributed by atoms with E-state index in [0.717, 1.165) is 11.3 Å². The Hall–Kier alpha value is -1.81. The van der Waals surface area contributed by atoms with E-state index < -0.39 is 0 Å². The van der Waals surface area contributed by atoms with Crippen molar-refractivity contribution in [1.29, 1.82) is 0 Å². The first-order valence-corrected chi connectivity index (χ1v) is 5.56. The van der Waals surface area contributed by atoms with Crippen LogP contribution in [0.15, 0.2) is 30.7 Å². The van der Waals surface area contributed by atoms with Gasteiger partial charge in [0.25, 0.3) is 5.91 Å². The van der Waals surface area contributed by atoms with Gasteiger partial charge in [0, 0.05) is 16.8 Å². The number of H-pyrrole nitrogens is 1. The number of carbonyl (C=O) groups is 1. The monoisotopic (exact) mass is 249 g/mol. The van der Waals surface area contributed by atoms with Crippen molar-refractivity contribution in [3.05, 3.63) is 52.6 Å². The number of carbonyl (C=O) groups excluding carboxylic acids is 1. The second kappa shape index (κ2) is 5.01. The Bertz CT molecular complexity index is 523. The van der Waals surface area contributed by atoms with Gasteiger partial charge in [-0.2, -0.15) is 0 Å². The maximum Gasteiger partial charge on any atom is 0.251 e. The van der Waals surface area contributed by atoms with Gasteiger partial charge >= 0.3 is 0 Å². The average Bonchev–Trinajstić information content (AvgIpc) is 2.82. The molecule has 1 aromatic heterocycles. The molecule has 1 heterocycles. The maximum absolute atomic E-state index is 11.8. The highest BCUT2D eigenvalue weighted by Crippen LogP contribution is 2.16. The summed E-state index contributed by atoms with van der Waals surface area (Å²) in [5, 5.41) is 3.38. The topological polar surface area (TPSA) is 57.8 Å². The molecular formula is C12H12ClN3O. The molecule has 2 rings (SSSR count). The zero-order valence-corrected chi connectivity index (χ0v) is 10.1. The first-order valence-electron chi connectivity index (χ1n) is 5.18. The Kier molecular flexibility index (Phi) is 3.44. The minimum absolute atomic E-state index is 0.151. The van der Waals surface area contributed by atoms with E-state index in [1.807, 2.05) is 13.0 Å². The lowest BCUT2D eigenvalue weighted by molar-refractivity contribution is 0.0950. The third-order valence-electron chi connectivity index (χ3n) is 2.43. The summed E-state index contributed by atoms with van der Waals surface area (Å²) in [6.45, 7) is 2.32. The second-order valence-electron chi connectivity index (χ2n) is 3.72. The third-order valence-corrected chi connectivity index (χ3v) is 2.84. The Morgan fingerprint density at radius 1 is 1.53 bits per heavy atom. The fraction of sp³-hybridized carbons (Fsp3) is 0.167. The van der Waals surface area contributed by atoms with Gasteiger partial charge in [-0.25, -0.2) is 4.98 Å². The van der Waals surface area contributed by atoms with Crippen LogP contribution in [-0.2, 0) is 6.54 Å². The zero-order valence-electron chi connectivity index (χ0n) is 9.33. The molecular weight excluding hydrogens is 238 g/mol. The quantitative estimate of drug-likeness (QED) is 0.877. The van der Waals surface area contributed by atoms with Gasteiger partial charge in [-0.05, 0) is 24.6 Å². The predicted molar refractivity (Wildman–Crippen MR) is 65.9 cm³/mol. The van der Waals surface area contributed by atoms with E-state index in [9.17, 15) is 4.79 Å². The molecule has 1 amide bonds. The van der Waals surface area contributed by atoms with Crippen molar-refractivity contribution < 1.29 is 4.79 Å². The average molecular weight is 250 g/mol. The number of hydrogen-bond acceptors (Lipinski definition) is 2. The molecule has 0 aliphatic rings. The lowest BCUT2D eigenvalue weighted by Gasteiger charge is -2.05. The van der Waals surface area contributed by atoms with Gasteiger partial charge in [-0.15, -0.1) is 0 Å².